The van der Waals surface area contributed by atoms with Gasteiger partial charge in [-0.15, -0.1) is 0 Å². The molecule has 0 bridgehead atoms. The lowest BCUT2D eigenvalue weighted by Crippen LogP contribution is -2.20. The summed E-state index contributed by atoms with van der Waals surface area (Å²) in [5.41, 5.74) is 1.39. The van der Waals surface area contributed by atoms with Gasteiger partial charge in [0.2, 0.25) is 0 Å². The highest BCUT2D eigenvalue weighted by molar-refractivity contribution is 6.11. The second-order valence-electron chi connectivity index (χ2n) is 6.41. The quantitative estimate of drug-likeness (QED) is 0.628. The molecule has 142 valence electrons. The van der Waals surface area contributed by atoms with Gasteiger partial charge in [0, 0.05) is 25.5 Å². The summed E-state index contributed by atoms with van der Waals surface area (Å²) in [4.78, 5) is 35.4. The Morgan fingerprint density at radius 3 is 2.57 bits per heavy atom. The molecule has 3 aromatic heterocycles. The van der Waals surface area contributed by atoms with Crippen LogP contribution in [0.15, 0.2) is 49.1 Å². The molecule has 4 heterocycles. The monoisotopic (exact) mass is 377 g/mol. The Bertz CT molecular complexity index is 963. The first-order valence-corrected chi connectivity index (χ1v) is 8.98. The van der Waals surface area contributed by atoms with Gasteiger partial charge in [-0.1, -0.05) is 0 Å². The molecule has 9 nitrogen and oxygen atoms in total. The molecule has 0 spiro atoms. The number of aromatic amines is 1. The van der Waals surface area contributed by atoms with E-state index < -0.39 is 5.91 Å². The summed E-state index contributed by atoms with van der Waals surface area (Å²) in [7, 11) is 0. The first-order valence-electron chi connectivity index (χ1n) is 8.98. The Balaban J connectivity index is 1.43. The number of rotatable bonds is 5. The minimum absolute atomic E-state index is 0.154. The van der Waals surface area contributed by atoms with E-state index in [1.54, 1.807) is 24.5 Å². The van der Waals surface area contributed by atoms with Crippen LogP contribution in [0.25, 0.3) is 0 Å². The number of carbonyl (C=O) groups is 2. The van der Waals surface area contributed by atoms with E-state index in [-0.39, 0.29) is 17.3 Å². The molecular weight excluding hydrogens is 358 g/mol. The highest BCUT2D eigenvalue weighted by atomic mass is 16.2. The highest BCUT2D eigenvalue weighted by Gasteiger charge is 2.18. The lowest BCUT2D eigenvalue weighted by atomic mass is 10.2. The van der Waals surface area contributed by atoms with Crippen LogP contribution in [-0.2, 0) is 0 Å². The van der Waals surface area contributed by atoms with E-state index in [0.717, 1.165) is 18.9 Å². The molecule has 1 saturated heterocycles. The molecule has 0 unspecified atom stereocenters. The summed E-state index contributed by atoms with van der Waals surface area (Å²) in [6.45, 7) is 2.01. The van der Waals surface area contributed by atoms with Gasteiger partial charge in [0.1, 0.15) is 11.5 Å². The third-order valence-electron chi connectivity index (χ3n) is 4.47. The molecule has 9 heteroatoms. The van der Waals surface area contributed by atoms with Crippen LogP contribution in [0.1, 0.15) is 33.7 Å². The van der Waals surface area contributed by atoms with Crippen molar-refractivity contribution in [1.82, 2.24) is 20.2 Å². The predicted molar refractivity (Wildman–Crippen MR) is 104 cm³/mol. The molecule has 0 saturated carbocycles. The zero-order valence-corrected chi connectivity index (χ0v) is 15.1. The third kappa shape index (κ3) is 3.83. The topological polar surface area (TPSA) is 116 Å². The van der Waals surface area contributed by atoms with Gasteiger partial charge in [0.05, 0.1) is 29.3 Å². The van der Waals surface area contributed by atoms with Crippen LogP contribution < -0.4 is 15.5 Å². The van der Waals surface area contributed by atoms with E-state index >= 15 is 0 Å². The number of nitrogens with zero attached hydrogens (tertiary/aromatic N) is 4. The first-order chi connectivity index (χ1) is 13.7. The van der Waals surface area contributed by atoms with Crippen LogP contribution >= 0.6 is 0 Å². The van der Waals surface area contributed by atoms with Crippen molar-refractivity contribution in [2.45, 2.75) is 12.8 Å². The van der Waals surface area contributed by atoms with Crippen molar-refractivity contribution in [3.63, 3.8) is 0 Å². The van der Waals surface area contributed by atoms with Crippen LogP contribution in [-0.4, -0.2) is 45.1 Å². The van der Waals surface area contributed by atoms with Gasteiger partial charge in [-0.25, -0.2) is 4.98 Å². The van der Waals surface area contributed by atoms with Gasteiger partial charge in [-0.3, -0.25) is 19.7 Å². The second kappa shape index (κ2) is 7.87. The zero-order chi connectivity index (χ0) is 19.3. The molecule has 3 N–H and O–H groups in total. The summed E-state index contributed by atoms with van der Waals surface area (Å²) in [5, 5.41) is 11.9. The van der Waals surface area contributed by atoms with Crippen molar-refractivity contribution >= 4 is 29.0 Å². The molecular formula is C19H19N7O2. The van der Waals surface area contributed by atoms with E-state index in [1.807, 2.05) is 12.1 Å². The number of nitrogens with one attached hydrogen (secondary N) is 3. The average Bonchev–Trinajstić information content (AvgIpc) is 3.41. The normalized spacial score (nSPS) is 13.4. The Morgan fingerprint density at radius 2 is 1.86 bits per heavy atom. The number of hydrogen-bond acceptors (Lipinski definition) is 6. The van der Waals surface area contributed by atoms with E-state index in [4.69, 9.17) is 0 Å². The van der Waals surface area contributed by atoms with Gasteiger partial charge >= 0.3 is 0 Å². The highest BCUT2D eigenvalue weighted by Crippen LogP contribution is 2.20. The molecule has 0 radical (unpaired) electrons. The summed E-state index contributed by atoms with van der Waals surface area (Å²) in [6.07, 6.45) is 8.38. The Hall–Kier alpha value is -3.75. The fourth-order valence-corrected chi connectivity index (χ4v) is 3.03. The van der Waals surface area contributed by atoms with Crippen LogP contribution in [0.2, 0.25) is 0 Å². The Kier molecular flexibility index (Phi) is 4.96. The van der Waals surface area contributed by atoms with E-state index in [1.165, 1.54) is 25.2 Å². The number of amides is 2. The van der Waals surface area contributed by atoms with Gasteiger partial charge in [-0.05, 0) is 37.1 Å². The van der Waals surface area contributed by atoms with Crippen molar-refractivity contribution in [3.05, 3.63) is 60.3 Å². The first kappa shape index (κ1) is 17.7. The van der Waals surface area contributed by atoms with Crippen molar-refractivity contribution < 1.29 is 9.59 Å². The van der Waals surface area contributed by atoms with Gasteiger partial charge in [0.25, 0.3) is 11.8 Å². The van der Waals surface area contributed by atoms with Crippen molar-refractivity contribution in [3.8, 4) is 0 Å². The van der Waals surface area contributed by atoms with Gasteiger partial charge in [0.15, 0.2) is 0 Å². The maximum absolute atomic E-state index is 12.6. The van der Waals surface area contributed by atoms with Crippen LogP contribution in [0.3, 0.4) is 0 Å². The molecule has 4 rings (SSSR count). The number of H-pyrrole nitrogens is 1. The second-order valence-corrected chi connectivity index (χ2v) is 6.41. The number of hydrogen-bond donors (Lipinski definition) is 3. The maximum Gasteiger partial charge on any atom is 0.275 e. The van der Waals surface area contributed by atoms with E-state index in [2.05, 4.69) is 35.7 Å². The fourth-order valence-electron chi connectivity index (χ4n) is 3.03. The van der Waals surface area contributed by atoms with Crippen molar-refractivity contribution in [2.75, 3.05) is 28.6 Å². The lowest BCUT2D eigenvalue weighted by Gasteiger charge is -2.16. The standard InChI is InChI=1S/C19H19N7O2/c27-18(13-4-3-7-20-10-13)24-15-12-22-25-17(15)19(28)23-14-5-6-16(21-11-14)26-8-1-2-9-26/h3-7,10-12H,1-2,8-9H2,(H,22,25)(H,23,28)(H,24,27). The van der Waals surface area contributed by atoms with Crippen LogP contribution in [0, 0.1) is 0 Å². The van der Waals surface area contributed by atoms with Crippen LogP contribution in [0.5, 0.6) is 0 Å². The lowest BCUT2D eigenvalue weighted by molar-refractivity contribution is 0.102. The Morgan fingerprint density at radius 1 is 1.00 bits per heavy atom. The molecule has 28 heavy (non-hydrogen) atoms. The summed E-state index contributed by atoms with van der Waals surface area (Å²) < 4.78 is 0. The Labute approximate surface area is 161 Å². The largest absolute Gasteiger partial charge is 0.357 e. The number of aromatic nitrogens is 4. The average molecular weight is 377 g/mol. The molecule has 0 aliphatic carbocycles. The summed E-state index contributed by atoms with van der Waals surface area (Å²) in [5.74, 6) is 0.108. The number of carbonyl (C=O) groups excluding carboxylic acids is 2. The number of anilines is 3. The zero-order valence-electron chi connectivity index (χ0n) is 15.1. The van der Waals surface area contributed by atoms with Crippen molar-refractivity contribution in [2.24, 2.45) is 0 Å². The molecule has 0 aromatic carbocycles. The molecule has 3 aromatic rings. The number of pyridine rings is 2. The summed E-state index contributed by atoms with van der Waals surface area (Å²) in [6, 6.07) is 6.99. The minimum Gasteiger partial charge on any atom is -0.357 e. The van der Waals surface area contributed by atoms with Crippen molar-refractivity contribution in [1.29, 1.82) is 0 Å². The maximum atomic E-state index is 12.6. The van der Waals surface area contributed by atoms with Crippen LogP contribution in [0.4, 0.5) is 17.2 Å². The van der Waals surface area contributed by atoms with E-state index in [9.17, 15) is 9.59 Å². The molecule has 2 amide bonds. The third-order valence-corrected chi connectivity index (χ3v) is 4.47. The fraction of sp³-hybridized carbons (Fsp3) is 0.211. The summed E-state index contributed by atoms with van der Waals surface area (Å²) >= 11 is 0. The smallest absolute Gasteiger partial charge is 0.275 e. The molecule has 1 aliphatic heterocycles. The van der Waals surface area contributed by atoms with Gasteiger partial charge < -0.3 is 15.5 Å². The predicted octanol–water partition coefficient (Wildman–Crippen LogP) is 2.30. The van der Waals surface area contributed by atoms with E-state index in [0.29, 0.717) is 11.3 Å². The minimum atomic E-state index is -0.422. The van der Waals surface area contributed by atoms with Gasteiger partial charge in [-0.2, -0.15) is 5.10 Å². The molecule has 0 atom stereocenters. The SMILES string of the molecule is O=C(Nc1cn[nH]c1C(=O)Nc1ccc(N2CCCC2)nc1)c1cccnc1. The molecule has 1 aliphatic rings. The molecule has 1 fully saturated rings.